The molecule has 3 aromatic carbocycles. The average molecular weight is 489 g/mol. The number of nitrogens with one attached hydrogen (secondary N) is 1. The van der Waals surface area contributed by atoms with Gasteiger partial charge in [-0.15, -0.1) is 0 Å². The topological polar surface area (TPSA) is 119 Å². The summed E-state index contributed by atoms with van der Waals surface area (Å²) >= 11 is 5.87. The fourth-order valence-corrected chi connectivity index (χ4v) is 3.51. The molecule has 0 saturated carbocycles. The number of nitrogens with zero attached hydrogens (tertiary/aromatic N) is 1. The van der Waals surface area contributed by atoms with Crippen molar-refractivity contribution in [2.75, 3.05) is 0 Å². The SMILES string of the molecule is O=C(NO)c1ccc(CN(Cc2ccc(F)c(Cl)c2)C(=O)OCc2ccccc2)c(CO)c1O. The molecule has 8 nitrogen and oxygen atoms in total. The molecule has 34 heavy (non-hydrogen) atoms. The Bertz CT molecular complexity index is 1180. The van der Waals surface area contributed by atoms with E-state index in [-0.39, 0.29) is 35.8 Å². The smallest absolute Gasteiger partial charge is 0.410 e. The highest BCUT2D eigenvalue weighted by Gasteiger charge is 2.22. The minimum atomic E-state index is -0.959. The van der Waals surface area contributed by atoms with E-state index in [1.807, 2.05) is 18.2 Å². The molecule has 0 radical (unpaired) electrons. The van der Waals surface area contributed by atoms with Crippen LogP contribution < -0.4 is 5.48 Å². The number of benzene rings is 3. The number of phenols is 1. The molecular weight excluding hydrogens is 467 g/mol. The van der Waals surface area contributed by atoms with Crippen molar-refractivity contribution in [3.63, 3.8) is 0 Å². The Kier molecular flexibility index (Phi) is 8.42. The van der Waals surface area contributed by atoms with Gasteiger partial charge in [0, 0.05) is 18.7 Å². The number of aliphatic hydroxyl groups is 1. The van der Waals surface area contributed by atoms with E-state index in [1.165, 1.54) is 40.7 Å². The Hall–Kier alpha value is -3.66. The molecule has 4 N–H and O–H groups in total. The first-order chi connectivity index (χ1) is 16.3. The van der Waals surface area contributed by atoms with E-state index in [2.05, 4.69) is 0 Å². The molecule has 3 aromatic rings. The van der Waals surface area contributed by atoms with Crippen molar-refractivity contribution in [2.45, 2.75) is 26.3 Å². The van der Waals surface area contributed by atoms with E-state index in [0.717, 1.165) is 5.56 Å². The van der Waals surface area contributed by atoms with Gasteiger partial charge in [-0.25, -0.2) is 14.7 Å². The summed E-state index contributed by atoms with van der Waals surface area (Å²) < 4.78 is 19.0. The molecule has 0 aliphatic carbocycles. The van der Waals surface area contributed by atoms with Gasteiger partial charge in [-0.05, 0) is 34.9 Å². The predicted molar refractivity (Wildman–Crippen MR) is 121 cm³/mol. The van der Waals surface area contributed by atoms with E-state index < -0.39 is 30.2 Å². The van der Waals surface area contributed by atoms with Gasteiger partial charge in [0.15, 0.2) is 0 Å². The van der Waals surface area contributed by atoms with E-state index in [0.29, 0.717) is 11.1 Å². The predicted octanol–water partition coefficient (Wildman–Crippen LogP) is 4.14. The number of hydroxylamine groups is 1. The maximum atomic E-state index is 13.6. The number of carbonyl (C=O) groups is 2. The lowest BCUT2D eigenvalue weighted by atomic mass is 10.0. The first-order valence-electron chi connectivity index (χ1n) is 10.1. The fraction of sp³-hybridized carbons (Fsp3) is 0.167. The van der Waals surface area contributed by atoms with Gasteiger partial charge in [0.05, 0.1) is 17.2 Å². The van der Waals surface area contributed by atoms with Gasteiger partial charge >= 0.3 is 6.09 Å². The number of hydrogen-bond acceptors (Lipinski definition) is 6. The largest absolute Gasteiger partial charge is 0.507 e. The zero-order chi connectivity index (χ0) is 24.7. The number of hydrogen-bond donors (Lipinski definition) is 4. The van der Waals surface area contributed by atoms with Gasteiger partial charge in [0.1, 0.15) is 18.2 Å². The molecule has 0 heterocycles. The third-order valence-electron chi connectivity index (χ3n) is 5.07. The van der Waals surface area contributed by atoms with Gasteiger partial charge < -0.3 is 14.9 Å². The van der Waals surface area contributed by atoms with Crippen molar-refractivity contribution in [1.29, 1.82) is 0 Å². The normalized spacial score (nSPS) is 10.6. The zero-order valence-corrected chi connectivity index (χ0v) is 18.6. The minimum absolute atomic E-state index is 0.000835. The lowest BCUT2D eigenvalue weighted by Crippen LogP contribution is -2.31. The molecule has 0 aliphatic heterocycles. The number of amides is 2. The van der Waals surface area contributed by atoms with E-state index in [4.69, 9.17) is 21.5 Å². The molecule has 0 aromatic heterocycles. The quantitative estimate of drug-likeness (QED) is 0.279. The van der Waals surface area contributed by atoms with Crippen molar-refractivity contribution < 1.29 is 34.1 Å². The molecule has 0 spiro atoms. The Morgan fingerprint density at radius 1 is 1.03 bits per heavy atom. The van der Waals surface area contributed by atoms with Crippen LogP contribution in [0.15, 0.2) is 60.7 Å². The Balaban J connectivity index is 1.89. The number of ether oxygens (including phenoxy) is 1. The second-order valence-electron chi connectivity index (χ2n) is 7.34. The number of rotatable bonds is 8. The summed E-state index contributed by atoms with van der Waals surface area (Å²) in [5, 5.41) is 28.9. The molecule has 3 rings (SSSR count). The summed E-state index contributed by atoms with van der Waals surface area (Å²) in [5.41, 5.74) is 2.79. The summed E-state index contributed by atoms with van der Waals surface area (Å²) in [6.45, 7) is -0.762. The van der Waals surface area contributed by atoms with E-state index in [1.54, 1.807) is 12.1 Å². The molecule has 0 bridgehead atoms. The zero-order valence-electron chi connectivity index (χ0n) is 17.9. The average Bonchev–Trinajstić information content (AvgIpc) is 2.84. The summed E-state index contributed by atoms with van der Waals surface area (Å²) in [6, 6.07) is 15.8. The Morgan fingerprint density at radius 3 is 2.41 bits per heavy atom. The van der Waals surface area contributed by atoms with Crippen molar-refractivity contribution in [2.24, 2.45) is 0 Å². The third kappa shape index (κ3) is 6.02. The summed E-state index contributed by atoms with van der Waals surface area (Å²) in [6.07, 6.45) is -0.704. The first kappa shape index (κ1) is 25.0. The monoisotopic (exact) mass is 488 g/mol. The third-order valence-corrected chi connectivity index (χ3v) is 5.36. The van der Waals surface area contributed by atoms with Crippen molar-refractivity contribution in [3.05, 3.63) is 99.3 Å². The van der Waals surface area contributed by atoms with E-state index >= 15 is 0 Å². The lowest BCUT2D eigenvalue weighted by Gasteiger charge is -2.24. The number of aromatic hydroxyl groups is 1. The molecular formula is C24H22ClFN2O6. The molecule has 0 unspecified atom stereocenters. The standard InChI is InChI=1S/C24H22ClFN2O6/c25-20-10-16(6-9-21(20)26)11-28(24(32)34-14-15-4-2-1-3-5-15)12-17-7-8-18(23(31)27-33)22(30)19(17)13-29/h1-10,29-30,33H,11-14H2,(H,27,31). The van der Waals surface area contributed by atoms with Crippen LogP contribution in [0.1, 0.15) is 32.6 Å². The summed E-state index contributed by atoms with van der Waals surface area (Å²) in [5.74, 6) is -2.10. The van der Waals surface area contributed by atoms with Crippen LogP contribution in [0.2, 0.25) is 5.02 Å². The van der Waals surface area contributed by atoms with Gasteiger partial charge in [-0.3, -0.25) is 14.9 Å². The highest BCUT2D eigenvalue weighted by atomic mass is 35.5. The summed E-state index contributed by atoms with van der Waals surface area (Å²) in [4.78, 5) is 26.0. The van der Waals surface area contributed by atoms with Crippen LogP contribution >= 0.6 is 11.6 Å². The van der Waals surface area contributed by atoms with Crippen LogP contribution in [0.3, 0.4) is 0 Å². The second-order valence-corrected chi connectivity index (χ2v) is 7.75. The molecule has 2 amide bonds. The second kappa shape index (κ2) is 11.5. The van der Waals surface area contributed by atoms with Crippen molar-refractivity contribution in [1.82, 2.24) is 10.4 Å². The molecule has 0 saturated heterocycles. The van der Waals surface area contributed by atoms with Gasteiger partial charge in [-0.2, -0.15) is 0 Å². The maximum Gasteiger partial charge on any atom is 0.410 e. The highest BCUT2D eigenvalue weighted by molar-refractivity contribution is 6.30. The molecule has 0 fully saturated rings. The molecule has 178 valence electrons. The maximum absolute atomic E-state index is 13.6. The van der Waals surface area contributed by atoms with Crippen molar-refractivity contribution >= 4 is 23.6 Å². The van der Waals surface area contributed by atoms with Crippen LogP contribution in [0.5, 0.6) is 5.75 Å². The minimum Gasteiger partial charge on any atom is -0.507 e. The van der Waals surface area contributed by atoms with Gasteiger partial charge in [0.2, 0.25) is 0 Å². The number of aliphatic hydroxyl groups excluding tert-OH is 1. The van der Waals surface area contributed by atoms with Gasteiger partial charge in [0.25, 0.3) is 5.91 Å². The number of carbonyl (C=O) groups excluding carboxylic acids is 2. The lowest BCUT2D eigenvalue weighted by molar-refractivity contribution is 0.0702. The Labute approximate surface area is 199 Å². The van der Waals surface area contributed by atoms with Crippen LogP contribution in [0.4, 0.5) is 9.18 Å². The molecule has 0 aliphatic rings. The van der Waals surface area contributed by atoms with Crippen LogP contribution in [0, 0.1) is 5.82 Å². The Morgan fingerprint density at radius 2 is 1.76 bits per heavy atom. The summed E-state index contributed by atoms with van der Waals surface area (Å²) in [7, 11) is 0. The van der Waals surface area contributed by atoms with Crippen LogP contribution in [-0.2, 0) is 31.0 Å². The van der Waals surface area contributed by atoms with Crippen molar-refractivity contribution in [3.8, 4) is 5.75 Å². The first-order valence-corrected chi connectivity index (χ1v) is 10.5. The fourth-order valence-electron chi connectivity index (χ4n) is 3.31. The van der Waals surface area contributed by atoms with Crippen LogP contribution in [-0.4, -0.2) is 32.3 Å². The number of halogens is 2. The highest BCUT2D eigenvalue weighted by Crippen LogP contribution is 2.28. The van der Waals surface area contributed by atoms with Gasteiger partial charge in [-0.1, -0.05) is 54.1 Å². The molecule has 0 atom stereocenters. The van der Waals surface area contributed by atoms with E-state index in [9.17, 15) is 24.2 Å². The molecule has 10 heteroatoms. The van der Waals surface area contributed by atoms with Crippen LogP contribution in [0.25, 0.3) is 0 Å².